The second-order valence-corrected chi connectivity index (χ2v) is 9.59. The lowest BCUT2D eigenvalue weighted by Gasteiger charge is -2.33. The van der Waals surface area contributed by atoms with Gasteiger partial charge in [-0.3, -0.25) is 0 Å². The molecular weight excluding hydrogens is 364 g/mol. The highest BCUT2D eigenvalue weighted by molar-refractivity contribution is 5.87. The average molecular weight is 397 g/mol. The molecule has 0 bridgehead atoms. The van der Waals surface area contributed by atoms with Crippen LogP contribution < -0.4 is 4.90 Å². The molecule has 0 amide bonds. The van der Waals surface area contributed by atoms with Crippen LogP contribution in [0.4, 0.5) is 5.69 Å². The SMILES string of the molecule is CN1C2=CCCCCC2(c2ccc3c4c(n(C)c3c2)CCCCC4)c2ccccc21. The van der Waals surface area contributed by atoms with E-state index in [1.165, 1.54) is 91.2 Å². The van der Waals surface area contributed by atoms with Crippen molar-refractivity contribution in [1.82, 2.24) is 4.57 Å². The van der Waals surface area contributed by atoms with Gasteiger partial charge in [0.15, 0.2) is 0 Å². The van der Waals surface area contributed by atoms with Gasteiger partial charge in [-0.25, -0.2) is 0 Å². The van der Waals surface area contributed by atoms with E-state index in [0.717, 1.165) is 0 Å². The second-order valence-electron chi connectivity index (χ2n) is 9.59. The number of likely N-dealkylation sites (N-methyl/N-ethyl adjacent to an activating group) is 1. The Morgan fingerprint density at radius 2 is 1.73 bits per heavy atom. The highest BCUT2D eigenvalue weighted by atomic mass is 15.2. The number of anilines is 1. The van der Waals surface area contributed by atoms with Gasteiger partial charge in [0.25, 0.3) is 0 Å². The maximum absolute atomic E-state index is 2.54. The van der Waals surface area contributed by atoms with Gasteiger partial charge < -0.3 is 9.47 Å². The lowest BCUT2D eigenvalue weighted by Crippen LogP contribution is -2.30. The van der Waals surface area contributed by atoms with Crippen LogP contribution >= 0.6 is 0 Å². The van der Waals surface area contributed by atoms with Gasteiger partial charge in [0.1, 0.15) is 0 Å². The van der Waals surface area contributed by atoms with E-state index >= 15 is 0 Å². The van der Waals surface area contributed by atoms with E-state index < -0.39 is 0 Å². The summed E-state index contributed by atoms with van der Waals surface area (Å²) in [5.74, 6) is 0. The lowest BCUT2D eigenvalue weighted by molar-refractivity contribution is 0.539. The van der Waals surface area contributed by atoms with E-state index in [1.807, 2.05) is 0 Å². The van der Waals surface area contributed by atoms with Crippen LogP contribution in [0.3, 0.4) is 0 Å². The largest absolute Gasteiger partial charge is 0.347 e. The zero-order valence-electron chi connectivity index (χ0n) is 18.4. The van der Waals surface area contributed by atoms with Gasteiger partial charge in [0, 0.05) is 42.1 Å². The Hall–Kier alpha value is -2.48. The lowest BCUT2D eigenvalue weighted by atomic mass is 9.71. The van der Waals surface area contributed by atoms with Crippen molar-refractivity contribution in [2.75, 3.05) is 11.9 Å². The van der Waals surface area contributed by atoms with Crippen molar-refractivity contribution in [1.29, 1.82) is 0 Å². The number of para-hydroxylation sites is 1. The Morgan fingerprint density at radius 1 is 0.867 bits per heavy atom. The first-order valence-electron chi connectivity index (χ1n) is 11.9. The average Bonchev–Trinajstić information content (AvgIpc) is 3.01. The van der Waals surface area contributed by atoms with Crippen LogP contribution in [0.2, 0.25) is 0 Å². The molecule has 0 N–H and O–H groups in total. The van der Waals surface area contributed by atoms with Crippen LogP contribution in [0.1, 0.15) is 67.3 Å². The van der Waals surface area contributed by atoms with Crippen molar-refractivity contribution in [2.24, 2.45) is 7.05 Å². The molecule has 2 nitrogen and oxygen atoms in total. The van der Waals surface area contributed by atoms with E-state index in [1.54, 1.807) is 11.3 Å². The fraction of sp³-hybridized carbons (Fsp3) is 0.429. The number of rotatable bonds is 1. The molecular formula is C28H32N2. The van der Waals surface area contributed by atoms with Gasteiger partial charge >= 0.3 is 0 Å². The molecule has 2 aromatic carbocycles. The third-order valence-electron chi connectivity index (χ3n) is 8.14. The Kier molecular flexibility index (Phi) is 4.13. The first-order valence-corrected chi connectivity index (χ1v) is 11.9. The van der Waals surface area contributed by atoms with Crippen molar-refractivity contribution in [3.8, 4) is 0 Å². The molecule has 0 spiro atoms. The van der Waals surface area contributed by atoms with Crippen molar-refractivity contribution < 1.29 is 0 Å². The quantitative estimate of drug-likeness (QED) is 0.419. The predicted octanol–water partition coefficient (Wildman–Crippen LogP) is 6.64. The summed E-state index contributed by atoms with van der Waals surface area (Å²) in [5, 5.41) is 1.49. The van der Waals surface area contributed by atoms with E-state index in [9.17, 15) is 0 Å². The molecule has 1 aromatic heterocycles. The molecule has 2 heteroatoms. The van der Waals surface area contributed by atoms with E-state index in [4.69, 9.17) is 0 Å². The fourth-order valence-corrected chi connectivity index (χ4v) is 6.68. The maximum Gasteiger partial charge on any atom is 0.0621 e. The molecule has 1 aliphatic heterocycles. The molecule has 0 saturated carbocycles. The fourth-order valence-electron chi connectivity index (χ4n) is 6.68. The van der Waals surface area contributed by atoms with Crippen LogP contribution in [0.25, 0.3) is 10.9 Å². The maximum atomic E-state index is 2.54. The van der Waals surface area contributed by atoms with Gasteiger partial charge in [-0.1, -0.05) is 49.2 Å². The number of benzene rings is 2. The number of fused-ring (bicyclic) bond motifs is 6. The summed E-state index contributed by atoms with van der Waals surface area (Å²) in [7, 11) is 4.56. The Balaban J connectivity index is 1.61. The third kappa shape index (κ3) is 2.37. The molecule has 30 heavy (non-hydrogen) atoms. The molecule has 0 saturated heterocycles. The first kappa shape index (κ1) is 18.3. The van der Waals surface area contributed by atoms with Crippen LogP contribution in [0, 0.1) is 0 Å². The topological polar surface area (TPSA) is 8.17 Å². The Bertz CT molecular complexity index is 1160. The van der Waals surface area contributed by atoms with Crippen LogP contribution in [0.5, 0.6) is 0 Å². The number of hydrogen-bond acceptors (Lipinski definition) is 1. The predicted molar refractivity (Wildman–Crippen MR) is 126 cm³/mol. The van der Waals surface area contributed by atoms with Crippen LogP contribution in [-0.4, -0.2) is 11.6 Å². The van der Waals surface area contributed by atoms with E-state index in [-0.39, 0.29) is 5.41 Å². The Morgan fingerprint density at radius 3 is 2.67 bits per heavy atom. The highest BCUT2D eigenvalue weighted by Gasteiger charge is 2.47. The standard InChI is InChI=1S/C28H32N2/c1-29-24-13-6-3-5-11-21(24)22-17-16-20(19-26(22)29)28-18-10-4-7-15-27(28)30(2)25-14-9-8-12-23(25)28/h8-9,12,14-17,19H,3-7,10-11,13,18H2,1-2H3. The summed E-state index contributed by atoms with van der Waals surface area (Å²) in [6.07, 6.45) is 14.0. The minimum Gasteiger partial charge on any atom is -0.347 e. The molecule has 3 aliphatic rings. The van der Waals surface area contributed by atoms with Crippen molar-refractivity contribution in [3.63, 3.8) is 0 Å². The summed E-state index contributed by atoms with van der Waals surface area (Å²) < 4.78 is 2.51. The summed E-state index contributed by atoms with van der Waals surface area (Å²) in [6, 6.07) is 16.5. The monoisotopic (exact) mass is 396 g/mol. The molecule has 3 aromatic rings. The minimum atomic E-state index is -0.00228. The minimum absolute atomic E-state index is 0.00228. The number of nitrogens with zero attached hydrogens (tertiary/aromatic N) is 2. The third-order valence-corrected chi connectivity index (χ3v) is 8.14. The smallest absolute Gasteiger partial charge is 0.0621 e. The summed E-state index contributed by atoms with van der Waals surface area (Å²) in [5.41, 5.74) is 10.5. The Labute approximate surface area is 180 Å². The second kappa shape index (κ2) is 6.77. The van der Waals surface area contributed by atoms with Crippen molar-refractivity contribution in [2.45, 2.75) is 63.2 Å². The van der Waals surface area contributed by atoms with Gasteiger partial charge in [-0.05, 0) is 73.8 Å². The summed E-state index contributed by atoms with van der Waals surface area (Å²) in [6.45, 7) is 0. The zero-order chi connectivity index (χ0) is 20.3. The first-order chi connectivity index (χ1) is 14.7. The molecule has 2 aliphatic carbocycles. The normalized spacial score (nSPS) is 23.4. The molecule has 1 unspecified atom stereocenters. The molecule has 1 atom stereocenters. The molecule has 0 fully saturated rings. The summed E-state index contributed by atoms with van der Waals surface area (Å²) in [4.78, 5) is 2.46. The van der Waals surface area contributed by atoms with E-state index in [0.29, 0.717) is 0 Å². The number of aromatic nitrogens is 1. The zero-order valence-corrected chi connectivity index (χ0v) is 18.4. The highest BCUT2D eigenvalue weighted by Crippen LogP contribution is 2.55. The number of hydrogen-bond donors (Lipinski definition) is 0. The summed E-state index contributed by atoms with van der Waals surface area (Å²) >= 11 is 0. The van der Waals surface area contributed by atoms with Crippen molar-refractivity contribution in [3.05, 3.63) is 76.6 Å². The molecule has 2 heterocycles. The van der Waals surface area contributed by atoms with Gasteiger partial charge in [-0.15, -0.1) is 0 Å². The van der Waals surface area contributed by atoms with E-state index in [2.05, 4.69) is 72.1 Å². The number of aryl methyl sites for hydroxylation is 2. The van der Waals surface area contributed by atoms with Crippen LogP contribution in [-0.2, 0) is 25.3 Å². The van der Waals surface area contributed by atoms with Crippen LogP contribution in [0.15, 0.2) is 54.2 Å². The van der Waals surface area contributed by atoms with Gasteiger partial charge in [0.05, 0.1) is 5.41 Å². The molecule has 0 radical (unpaired) electrons. The molecule has 6 rings (SSSR count). The van der Waals surface area contributed by atoms with Gasteiger partial charge in [0.2, 0.25) is 0 Å². The molecule has 154 valence electrons. The van der Waals surface area contributed by atoms with Gasteiger partial charge in [-0.2, -0.15) is 0 Å². The number of allylic oxidation sites excluding steroid dienone is 2. The van der Waals surface area contributed by atoms with Crippen molar-refractivity contribution >= 4 is 16.6 Å².